The lowest BCUT2D eigenvalue weighted by Gasteiger charge is -2.07. The number of hydrogen-bond acceptors (Lipinski definition) is 5. The van der Waals surface area contributed by atoms with Gasteiger partial charge in [-0.3, -0.25) is 9.59 Å². The van der Waals surface area contributed by atoms with Gasteiger partial charge in [0.05, 0.1) is 10.6 Å². The molecular formula is C16H14ClN3O4. The van der Waals surface area contributed by atoms with E-state index in [1.54, 1.807) is 18.2 Å². The van der Waals surface area contributed by atoms with Gasteiger partial charge in [-0.25, -0.2) is 9.78 Å². The molecule has 8 heteroatoms. The van der Waals surface area contributed by atoms with Gasteiger partial charge < -0.3 is 15.4 Å². The molecule has 2 N–H and O–H groups in total. The Hall–Kier alpha value is -2.93. The minimum Gasteiger partial charge on any atom is -0.452 e. The largest absolute Gasteiger partial charge is 0.452 e. The number of amides is 2. The number of carbonyl (C=O) groups excluding carboxylic acids is 3. The lowest BCUT2D eigenvalue weighted by molar-refractivity contribution is -0.119. The summed E-state index contributed by atoms with van der Waals surface area (Å²) >= 11 is 5.69. The second-order valence-electron chi connectivity index (χ2n) is 4.74. The van der Waals surface area contributed by atoms with E-state index in [0.29, 0.717) is 16.5 Å². The normalized spacial score (nSPS) is 9.92. The highest BCUT2D eigenvalue weighted by Gasteiger charge is 2.11. The Morgan fingerprint density at radius 2 is 1.79 bits per heavy atom. The summed E-state index contributed by atoms with van der Waals surface area (Å²) in [6.07, 6.45) is 1.39. The second kappa shape index (κ2) is 8.07. The predicted octanol–water partition coefficient (Wildman–Crippen LogP) is 2.49. The molecule has 7 nitrogen and oxygen atoms in total. The molecule has 0 atom stereocenters. The maximum atomic E-state index is 11.9. The van der Waals surface area contributed by atoms with E-state index in [0.717, 1.165) is 0 Å². The first kappa shape index (κ1) is 17.4. The average molecular weight is 348 g/mol. The number of aromatic nitrogens is 1. The fourth-order valence-electron chi connectivity index (χ4n) is 1.74. The molecule has 124 valence electrons. The van der Waals surface area contributed by atoms with Gasteiger partial charge in [-0.15, -0.1) is 0 Å². The summed E-state index contributed by atoms with van der Waals surface area (Å²) in [5.74, 6) is -1.07. The van der Waals surface area contributed by atoms with Crippen LogP contribution in [-0.2, 0) is 14.3 Å². The summed E-state index contributed by atoms with van der Waals surface area (Å²) in [6.45, 7) is 0.937. The number of benzene rings is 1. The number of nitrogens with zero attached hydrogens (tertiary/aromatic N) is 1. The summed E-state index contributed by atoms with van der Waals surface area (Å²) in [5.41, 5.74) is 0.826. The Morgan fingerprint density at radius 1 is 1.08 bits per heavy atom. The molecule has 0 radical (unpaired) electrons. The molecule has 2 amide bonds. The van der Waals surface area contributed by atoms with Gasteiger partial charge in [0.15, 0.2) is 6.61 Å². The maximum Gasteiger partial charge on any atom is 0.338 e. The summed E-state index contributed by atoms with van der Waals surface area (Å²) in [5, 5.41) is 5.50. The molecular weight excluding hydrogens is 334 g/mol. The number of carbonyl (C=O) groups is 3. The molecule has 2 aromatic rings. The third-order valence-electron chi connectivity index (χ3n) is 2.77. The van der Waals surface area contributed by atoms with Crippen LogP contribution in [0, 0.1) is 0 Å². The fourth-order valence-corrected chi connectivity index (χ4v) is 1.85. The monoisotopic (exact) mass is 347 g/mol. The number of anilines is 2. The second-order valence-corrected chi connectivity index (χ2v) is 5.18. The Labute approximate surface area is 143 Å². The van der Waals surface area contributed by atoms with Crippen LogP contribution in [0.15, 0.2) is 42.6 Å². The summed E-state index contributed by atoms with van der Waals surface area (Å²) < 4.78 is 4.91. The van der Waals surface area contributed by atoms with Crippen molar-refractivity contribution in [2.75, 3.05) is 17.2 Å². The molecule has 2 rings (SSSR count). The molecule has 0 aliphatic rings. The number of pyridine rings is 1. The lowest BCUT2D eigenvalue weighted by Crippen LogP contribution is -2.21. The Kier molecular flexibility index (Phi) is 5.86. The van der Waals surface area contributed by atoms with Crippen LogP contribution in [0.4, 0.5) is 11.5 Å². The molecule has 0 fully saturated rings. The van der Waals surface area contributed by atoms with Gasteiger partial charge in [0.1, 0.15) is 5.82 Å². The van der Waals surface area contributed by atoms with Crippen molar-refractivity contribution in [1.82, 2.24) is 4.98 Å². The van der Waals surface area contributed by atoms with E-state index in [-0.39, 0.29) is 11.5 Å². The van der Waals surface area contributed by atoms with E-state index in [2.05, 4.69) is 15.6 Å². The van der Waals surface area contributed by atoms with Crippen LogP contribution in [0.2, 0.25) is 5.02 Å². The summed E-state index contributed by atoms with van der Waals surface area (Å²) in [4.78, 5) is 38.4. The predicted molar refractivity (Wildman–Crippen MR) is 88.9 cm³/mol. The molecule has 0 saturated carbocycles. The molecule has 0 spiro atoms. The quantitative estimate of drug-likeness (QED) is 0.810. The standard InChI is InChI=1S/C16H14ClN3O4/c1-10(21)19-13-5-2-11(3-6-13)16(23)24-9-15(22)20-14-7-4-12(17)8-18-14/h2-8H,9H2,1H3,(H,19,21)(H,18,20,22). The minimum absolute atomic E-state index is 0.210. The van der Waals surface area contributed by atoms with Gasteiger partial charge >= 0.3 is 5.97 Å². The van der Waals surface area contributed by atoms with Gasteiger partial charge in [0.2, 0.25) is 5.91 Å². The van der Waals surface area contributed by atoms with Crippen molar-refractivity contribution < 1.29 is 19.1 Å². The van der Waals surface area contributed by atoms with Crippen LogP contribution in [0.1, 0.15) is 17.3 Å². The fraction of sp³-hybridized carbons (Fsp3) is 0.125. The highest BCUT2D eigenvalue weighted by molar-refractivity contribution is 6.30. The van der Waals surface area contributed by atoms with E-state index in [4.69, 9.17) is 16.3 Å². The van der Waals surface area contributed by atoms with Crippen molar-refractivity contribution in [2.24, 2.45) is 0 Å². The molecule has 0 aliphatic carbocycles. The lowest BCUT2D eigenvalue weighted by atomic mass is 10.2. The van der Waals surface area contributed by atoms with Gasteiger partial charge in [-0.05, 0) is 36.4 Å². The van der Waals surface area contributed by atoms with E-state index in [1.807, 2.05) is 0 Å². The number of rotatable bonds is 5. The SMILES string of the molecule is CC(=O)Nc1ccc(C(=O)OCC(=O)Nc2ccc(Cl)cn2)cc1. The Bertz CT molecular complexity index is 745. The third-order valence-corrected chi connectivity index (χ3v) is 2.99. The topological polar surface area (TPSA) is 97.4 Å². The zero-order valence-electron chi connectivity index (χ0n) is 12.7. The van der Waals surface area contributed by atoms with E-state index < -0.39 is 18.5 Å². The molecule has 0 unspecified atom stereocenters. The first-order chi connectivity index (χ1) is 11.4. The molecule has 1 aromatic heterocycles. The van der Waals surface area contributed by atoms with Crippen molar-refractivity contribution in [2.45, 2.75) is 6.92 Å². The van der Waals surface area contributed by atoms with Crippen molar-refractivity contribution in [3.63, 3.8) is 0 Å². The molecule has 0 saturated heterocycles. The minimum atomic E-state index is -0.649. The maximum absolute atomic E-state index is 11.9. The molecule has 0 aliphatic heterocycles. The first-order valence-corrected chi connectivity index (χ1v) is 7.28. The molecule has 1 aromatic carbocycles. The molecule has 24 heavy (non-hydrogen) atoms. The van der Waals surface area contributed by atoms with Crippen LogP contribution in [0.25, 0.3) is 0 Å². The van der Waals surface area contributed by atoms with Crippen molar-refractivity contribution >= 4 is 40.9 Å². The number of nitrogens with one attached hydrogen (secondary N) is 2. The van der Waals surface area contributed by atoms with Gasteiger partial charge in [0.25, 0.3) is 5.91 Å². The van der Waals surface area contributed by atoms with Crippen molar-refractivity contribution in [3.05, 3.63) is 53.2 Å². The van der Waals surface area contributed by atoms with Crippen LogP contribution >= 0.6 is 11.6 Å². The van der Waals surface area contributed by atoms with Gasteiger partial charge in [0, 0.05) is 18.8 Å². The Balaban J connectivity index is 1.84. The molecule has 0 bridgehead atoms. The summed E-state index contributed by atoms with van der Waals surface area (Å²) in [6, 6.07) is 9.22. The van der Waals surface area contributed by atoms with Gasteiger partial charge in [-0.1, -0.05) is 11.6 Å². The Morgan fingerprint density at radius 3 is 2.38 bits per heavy atom. The van der Waals surface area contributed by atoms with Crippen LogP contribution in [-0.4, -0.2) is 29.4 Å². The highest BCUT2D eigenvalue weighted by Crippen LogP contribution is 2.11. The van der Waals surface area contributed by atoms with Crippen LogP contribution in [0.3, 0.4) is 0 Å². The summed E-state index contributed by atoms with van der Waals surface area (Å²) in [7, 11) is 0. The number of esters is 1. The third kappa shape index (κ3) is 5.36. The smallest absolute Gasteiger partial charge is 0.338 e. The number of hydrogen-bond donors (Lipinski definition) is 2. The number of halogens is 1. The van der Waals surface area contributed by atoms with Crippen LogP contribution < -0.4 is 10.6 Å². The zero-order chi connectivity index (χ0) is 17.5. The van der Waals surface area contributed by atoms with Crippen molar-refractivity contribution in [1.29, 1.82) is 0 Å². The van der Waals surface area contributed by atoms with E-state index in [9.17, 15) is 14.4 Å². The first-order valence-electron chi connectivity index (χ1n) is 6.90. The van der Waals surface area contributed by atoms with E-state index >= 15 is 0 Å². The molecule has 1 heterocycles. The van der Waals surface area contributed by atoms with E-state index in [1.165, 1.54) is 31.3 Å². The highest BCUT2D eigenvalue weighted by atomic mass is 35.5. The van der Waals surface area contributed by atoms with Crippen molar-refractivity contribution in [3.8, 4) is 0 Å². The zero-order valence-corrected chi connectivity index (χ0v) is 13.5. The number of ether oxygens (including phenoxy) is 1. The van der Waals surface area contributed by atoms with Crippen LogP contribution in [0.5, 0.6) is 0 Å². The van der Waals surface area contributed by atoms with Gasteiger partial charge in [-0.2, -0.15) is 0 Å². The average Bonchev–Trinajstić information content (AvgIpc) is 2.55.